The summed E-state index contributed by atoms with van der Waals surface area (Å²) in [4.78, 5) is 33.3. The number of hydrogen-bond donors (Lipinski definition) is 3. The van der Waals surface area contributed by atoms with E-state index in [2.05, 4.69) is 15.4 Å². The second kappa shape index (κ2) is 7.48. The highest BCUT2D eigenvalue weighted by molar-refractivity contribution is 5.89. The molecule has 0 heterocycles. The first-order valence-corrected chi connectivity index (χ1v) is 5.32. The third kappa shape index (κ3) is 5.74. The summed E-state index contributed by atoms with van der Waals surface area (Å²) in [6.45, 7) is 3.45. The van der Waals surface area contributed by atoms with E-state index < -0.39 is 23.9 Å². The average Bonchev–Trinajstić information content (AvgIpc) is 2.31. The van der Waals surface area contributed by atoms with Crippen LogP contribution in [-0.4, -0.2) is 37.6 Å². The Morgan fingerprint density at radius 3 is 2.35 bits per heavy atom. The molecule has 0 rings (SSSR count). The van der Waals surface area contributed by atoms with E-state index in [4.69, 9.17) is 5.73 Å². The minimum Gasteiger partial charge on any atom is -0.468 e. The maximum atomic E-state index is 11.7. The summed E-state index contributed by atoms with van der Waals surface area (Å²) >= 11 is 0. The maximum Gasteiger partial charge on any atom is 0.325 e. The second-order valence-electron chi connectivity index (χ2n) is 3.67. The third-order valence-electron chi connectivity index (χ3n) is 2.43. The zero-order valence-corrected chi connectivity index (χ0v) is 10.3. The lowest BCUT2D eigenvalue weighted by Gasteiger charge is -2.22. The van der Waals surface area contributed by atoms with E-state index in [1.54, 1.807) is 6.92 Å². The van der Waals surface area contributed by atoms with Gasteiger partial charge in [-0.2, -0.15) is 0 Å². The summed E-state index contributed by atoms with van der Waals surface area (Å²) in [5.41, 5.74) is 4.98. The standard InChI is InChI=1S/C10H19N3O4/c1-4-6(2)8(13-10(11)16)9(15)12-5-7(14)17-3/h6,8H,4-5H2,1-3H3,(H,12,15)(H3,11,13,16)/t6-,8-/m1/s1. The van der Waals surface area contributed by atoms with Gasteiger partial charge in [0.2, 0.25) is 5.91 Å². The molecule has 0 aromatic carbocycles. The molecule has 2 atom stereocenters. The van der Waals surface area contributed by atoms with Crippen molar-refractivity contribution in [2.75, 3.05) is 13.7 Å². The smallest absolute Gasteiger partial charge is 0.325 e. The molecule has 98 valence electrons. The molecule has 0 saturated carbocycles. The monoisotopic (exact) mass is 245 g/mol. The molecule has 0 aromatic rings. The lowest BCUT2D eigenvalue weighted by molar-refractivity contribution is -0.141. The van der Waals surface area contributed by atoms with E-state index in [0.29, 0.717) is 6.42 Å². The zero-order chi connectivity index (χ0) is 13.4. The molecule has 4 N–H and O–H groups in total. The van der Waals surface area contributed by atoms with Crippen LogP contribution >= 0.6 is 0 Å². The van der Waals surface area contributed by atoms with Crippen LogP contribution in [0.3, 0.4) is 0 Å². The number of ether oxygens (including phenoxy) is 1. The molecule has 0 aliphatic carbocycles. The minimum absolute atomic E-state index is 0.0832. The number of esters is 1. The summed E-state index contributed by atoms with van der Waals surface area (Å²) in [6, 6.07) is -1.52. The van der Waals surface area contributed by atoms with Crippen molar-refractivity contribution in [1.82, 2.24) is 10.6 Å². The fraction of sp³-hybridized carbons (Fsp3) is 0.700. The van der Waals surface area contributed by atoms with Crippen LogP contribution in [0.25, 0.3) is 0 Å². The summed E-state index contributed by atoms with van der Waals surface area (Å²) in [7, 11) is 1.22. The Bertz CT molecular complexity index is 293. The number of carbonyl (C=O) groups excluding carboxylic acids is 3. The van der Waals surface area contributed by atoms with Crippen LogP contribution in [-0.2, 0) is 14.3 Å². The van der Waals surface area contributed by atoms with Crippen molar-refractivity contribution in [3.8, 4) is 0 Å². The van der Waals surface area contributed by atoms with Gasteiger partial charge in [-0.15, -0.1) is 0 Å². The molecule has 0 radical (unpaired) electrons. The Morgan fingerprint density at radius 2 is 1.94 bits per heavy atom. The van der Waals surface area contributed by atoms with Gasteiger partial charge >= 0.3 is 12.0 Å². The van der Waals surface area contributed by atoms with Gasteiger partial charge in [-0.3, -0.25) is 9.59 Å². The van der Waals surface area contributed by atoms with Crippen molar-refractivity contribution in [3.63, 3.8) is 0 Å². The minimum atomic E-state index is -0.775. The van der Waals surface area contributed by atoms with Crippen LogP contribution in [0.1, 0.15) is 20.3 Å². The fourth-order valence-corrected chi connectivity index (χ4v) is 1.20. The van der Waals surface area contributed by atoms with Crippen LogP contribution in [0.5, 0.6) is 0 Å². The maximum absolute atomic E-state index is 11.7. The van der Waals surface area contributed by atoms with E-state index >= 15 is 0 Å². The van der Waals surface area contributed by atoms with Crippen molar-refractivity contribution in [2.45, 2.75) is 26.3 Å². The van der Waals surface area contributed by atoms with Crippen LogP contribution in [0.4, 0.5) is 4.79 Å². The molecule has 0 aliphatic rings. The molecule has 0 fully saturated rings. The molecule has 0 saturated heterocycles. The van der Waals surface area contributed by atoms with Crippen molar-refractivity contribution >= 4 is 17.9 Å². The summed E-state index contributed by atoms with van der Waals surface area (Å²) in [6.07, 6.45) is 0.691. The number of hydrogen-bond acceptors (Lipinski definition) is 4. The van der Waals surface area contributed by atoms with Crippen molar-refractivity contribution in [1.29, 1.82) is 0 Å². The van der Waals surface area contributed by atoms with E-state index in [1.165, 1.54) is 7.11 Å². The van der Waals surface area contributed by atoms with Gasteiger partial charge in [0.25, 0.3) is 0 Å². The molecular weight excluding hydrogens is 226 g/mol. The molecule has 0 bridgehead atoms. The van der Waals surface area contributed by atoms with Gasteiger partial charge in [-0.25, -0.2) is 4.79 Å². The normalized spacial score (nSPS) is 13.4. The zero-order valence-electron chi connectivity index (χ0n) is 10.3. The lowest BCUT2D eigenvalue weighted by Crippen LogP contribution is -2.52. The van der Waals surface area contributed by atoms with Gasteiger partial charge in [0.1, 0.15) is 12.6 Å². The molecule has 0 aromatic heterocycles. The van der Waals surface area contributed by atoms with E-state index in [1.807, 2.05) is 6.92 Å². The number of amides is 3. The highest BCUT2D eigenvalue weighted by atomic mass is 16.5. The molecule has 0 unspecified atom stereocenters. The molecule has 3 amide bonds. The molecule has 7 heteroatoms. The second-order valence-corrected chi connectivity index (χ2v) is 3.67. The lowest BCUT2D eigenvalue weighted by atomic mass is 9.98. The predicted octanol–water partition coefficient (Wildman–Crippen LogP) is -0.641. The molecule has 0 aliphatic heterocycles. The number of nitrogens with one attached hydrogen (secondary N) is 2. The SMILES string of the molecule is CC[C@@H](C)[C@@H](NC(N)=O)C(=O)NCC(=O)OC. The number of carbonyl (C=O) groups is 3. The first-order valence-electron chi connectivity index (χ1n) is 5.32. The first-order chi connectivity index (χ1) is 7.92. The topological polar surface area (TPSA) is 111 Å². The van der Waals surface area contributed by atoms with Crippen molar-refractivity contribution in [3.05, 3.63) is 0 Å². The average molecular weight is 245 g/mol. The Hall–Kier alpha value is -1.79. The highest BCUT2D eigenvalue weighted by Crippen LogP contribution is 2.07. The first kappa shape index (κ1) is 15.2. The van der Waals surface area contributed by atoms with Gasteiger partial charge in [0, 0.05) is 0 Å². The van der Waals surface area contributed by atoms with E-state index in [-0.39, 0.29) is 12.5 Å². The number of rotatable bonds is 6. The number of primary amides is 1. The molecule has 7 nitrogen and oxygen atoms in total. The highest BCUT2D eigenvalue weighted by Gasteiger charge is 2.25. The number of methoxy groups -OCH3 is 1. The quantitative estimate of drug-likeness (QED) is 0.540. The molecule has 17 heavy (non-hydrogen) atoms. The van der Waals surface area contributed by atoms with Crippen LogP contribution in [0.15, 0.2) is 0 Å². The Balaban J connectivity index is 4.42. The van der Waals surface area contributed by atoms with Gasteiger partial charge < -0.3 is 21.1 Å². The largest absolute Gasteiger partial charge is 0.468 e. The van der Waals surface area contributed by atoms with Gasteiger partial charge in [-0.1, -0.05) is 20.3 Å². The van der Waals surface area contributed by atoms with Crippen LogP contribution < -0.4 is 16.4 Å². The van der Waals surface area contributed by atoms with Crippen molar-refractivity contribution in [2.24, 2.45) is 11.7 Å². The van der Waals surface area contributed by atoms with E-state index in [0.717, 1.165) is 0 Å². The third-order valence-corrected chi connectivity index (χ3v) is 2.43. The summed E-state index contributed by atoms with van der Waals surface area (Å²) < 4.78 is 4.38. The Kier molecular flexibility index (Phi) is 6.69. The van der Waals surface area contributed by atoms with Crippen molar-refractivity contribution < 1.29 is 19.1 Å². The van der Waals surface area contributed by atoms with Gasteiger partial charge in [-0.05, 0) is 5.92 Å². The van der Waals surface area contributed by atoms with Crippen LogP contribution in [0, 0.1) is 5.92 Å². The van der Waals surface area contributed by atoms with Crippen LogP contribution in [0.2, 0.25) is 0 Å². The summed E-state index contributed by atoms with van der Waals surface area (Å²) in [5, 5.41) is 4.72. The number of nitrogens with two attached hydrogens (primary N) is 1. The fourth-order valence-electron chi connectivity index (χ4n) is 1.20. The Morgan fingerprint density at radius 1 is 1.35 bits per heavy atom. The number of urea groups is 1. The predicted molar refractivity (Wildman–Crippen MR) is 61.0 cm³/mol. The Labute approximate surface area is 100 Å². The molecule has 0 spiro atoms. The molecular formula is C10H19N3O4. The van der Waals surface area contributed by atoms with Gasteiger partial charge in [0.15, 0.2) is 0 Å². The van der Waals surface area contributed by atoms with E-state index in [9.17, 15) is 14.4 Å². The summed E-state index contributed by atoms with van der Waals surface area (Å²) in [5.74, 6) is -1.09. The van der Waals surface area contributed by atoms with Gasteiger partial charge in [0.05, 0.1) is 7.11 Å².